The maximum Gasteiger partial charge on any atom is 0.250 e. The van der Waals surface area contributed by atoms with Gasteiger partial charge in [-0.15, -0.1) is 0 Å². The topological polar surface area (TPSA) is 186 Å². The monoisotopic (exact) mass is 532 g/mol. The van der Waals surface area contributed by atoms with Crippen LogP contribution >= 0.6 is 0 Å². The highest BCUT2D eigenvalue weighted by Gasteiger charge is 2.32. The van der Waals surface area contributed by atoms with Crippen molar-refractivity contribution in [2.45, 2.75) is 38.5 Å². The average molecular weight is 533 g/mol. The molecule has 0 unspecified atom stereocenters. The lowest BCUT2D eigenvalue weighted by Gasteiger charge is -2.26. The predicted molar refractivity (Wildman–Crippen MR) is 142 cm³/mol. The fourth-order valence-electron chi connectivity index (χ4n) is 3.66. The Bertz CT molecular complexity index is 1080. The fourth-order valence-corrected chi connectivity index (χ4v) is 3.66. The number of carbonyl (C=O) groups is 3. The number of aliphatic hydroxyl groups excluding tert-OH is 1. The molecule has 38 heavy (non-hydrogen) atoms. The zero-order valence-corrected chi connectivity index (χ0v) is 21.7. The summed E-state index contributed by atoms with van der Waals surface area (Å²) in [6.07, 6.45) is -1.83. The molecule has 0 aliphatic carbocycles. The van der Waals surface area contributed by atoms with Crippen molar-refractivity contribution in [3.05, 3.63) is 59.4 Å². The van der Waals surface area contributed by atoms with Gasteiger partial charge in [0.1, 0.15) is 12.1 Å². The first-order chi connectivity index (χ1) is 18.1. The minimum Gasteiger partial charge on any atom is -0.491 e. The highest BCUT2D eigenvalue weighted by Crippen LogP contribution is 2.23. The van der Waals surface area contributed by atoms with Crippen LogP contribution in [0.2, 0.25) is 0 Å². The maximum absolute atomic E-state index is 14.3. The number of aryl methyl sites for hydroxylation is 1. The van der Waals surface area contributed by atoms with Crippen molar-refractivity contribution in [1.82, 2.24) is 10.2 Å². The molecule has 0 aliphatic heterocycles. The SMILES string of the molecule is CCOc1ccc(NC(=O)[C@@H](NC(=O)[C@@H](N)CC(=O)N(CCN)CCN)[C@H](O)c2ccc(C)cc2)cc1F. The van der Waals surface area contributed by atoms with Crippen LogP contribution in [0, 0.1) is 12.7 Å². The van der Waals surface area contributed by atoms with E-state index in [2.05, 4.69) is 10.6 Å². The zero-order chi connectivity index (χ0) is 28.2. The van der Waals surface area contributed by atoms with E-state index >= 15 is 0 Å². The van der Waals surface area contributed by atoms with Crippen LogP contribution < -0.4 is 32.6 Å². The predicted octanol–water partition coefficient (Wildman–Crippen LogP) is 0.153. The van der Waals surface area contributed by atoms with Gasteiger partial charge in [-0.3, -0.25) is 14.4 Å². The highest BCUT2D eigenvalue weighted by molar-refractivity contribution is 5.99. The third kappa shape index (κ3) is 8.77. The van der Waals surface area contributed by atoms with Gasteiger partial charge in [-0.05, 0) is 31.5 Å². The van der Waals surface area contributed by atoms with E-state index in [1.165, 1.54) is 17.0 Å². The van der Waals surface area contributed by atoms with Gasteiger partial charge in [-0.25, -0.2) is 4.39 Å². The van der Waals surface area contributed by atoms with E-state index in [0.717, 1.165) is 11.6 Å². The Hall–Kier alpha value is -3.58. The molecule has 0 saturated carbocycles. The van der Waals surface area contributed by atoms with Gasteiger partial charge in [0.15, 0.2) is 11.6 Å². The lowest BCUT2D eigenvalue weighted by atomic mass is 9.99. The summed E-state index contributed by atoms with van der Waals surface area (Å²) in [5.41, 5.74) is 18.4. The van der Waals surface area contributed by atoms with Gasteiger partial charge >= 0.3 is 0 Å². The second-order valence-corrected chi connectivity index (χ2v) is 8.68. The number of hydrogen-bond donors (Lipinski definition) is 6. The van der Waals surface area contributed by atoms with E-state index in [4.69, 9.17) is 21.9 Å². The van der Waals surface area contributed by atoms with E-state index in [0.29, 0.717) is 5.56 Å². The molecule has 0 spiro atoms. The summed E-state index contributed by atoms with van der Waals surface area (Å²) in [5, 5.41) is 16.0. The number of halogens is 1. The Balaban J connectivity index is 2.23. The lowest BCUT2D eigenvalue weighted by Crippen LogP contribution is -2.53. The third-order valence-electron chi connectivity index (χ3n) is 5.70. The molecule has 3 atom stereocenters. The van der Waals surface area contributed by atoms with Crippen LogP contribution in [0.1, 0.15) is 30.6 Å². The van der Waals surface area contributed by atoms with E-state index in [1.807, 2.05) is 6.92 Å². The minimum atomic E-state index is -1.51. The first-order valence-corrected chi connectivity index (χ1v) is 12.3. The summed E-state index contributed by atoms with van der Waals surface area (Å²) in [6, 6.07) is 7.73. The van der Waals surface area contributed by atoms with Gasteiger partial charge in [0, 0.05) is 37.9 Å². The summed E-state index contributed by atoms with van der Waals surface area (Å²) in [7, 11) is 0. The second-order valence-electron chi connectivity index (χ2n) is 8.68. The summed E-state index contributed by atoms with van der Waals surface area (Å²) in [6.45, 7) is 4.76. The third-order valence-corrected chi connectivity index (χ3v) is 5.70. The van der Waals surface area contributed by atoms with Crippen LogP contribution in [-0.2, 0) is 14.4 Å². The number of nitrogens with one attached hydrogen (secondary N) is 2. The van der Waals surface area contributed by atoms with Crippen molar-refractivity contribution in [3.63, 3.8) is 0 Å². The molecule has 0 heterocycles. The largest absolute Gasteiger partial charge is 0.491 e. The van der Waals surface area contributed by atoms with Crippen LogP contribution in [0.3, 0.4) is 0 Å². The van der Waals surface area contributed by atoms with Gasteiger partial charge in [-0.2, -0.15) is 0 Å². The molecule has 208 valence electrons. The Labute approximate surface area is 221 Å². The molecule has 2 rings (SSSR count). The number of benzene rings is 2. The zero-order valence-electron chi connectivity index (χ0n) is 21.7. The van der Waals surface area contributed by atoms with E-state index < -0.39 is 41.7 Å². The smallest absolute Gasteiger partial charge is 0.250 e. The number of nitrogens with zero attached hydrogens (tertiary/aromatic N) is 1. The van der Waals surface area contributed by atoms with Crippen LogP contribution in [0.15, 0.2) is 42.5 Å². The molecule has 0 fully saturated rings. The van der Waals surface area contributed by atoms with Gasteiger partial charge in [-0.1, -0.05) is 29.8 Å². The number of amides is 3. The molecule has 2 aromatic carbocycles. The Morgan fingerprint density at radius 3 is 2.24 bits per heavy atom. The van der Waals surface area contributed by atoms with Crippen LogP contribution in [-0.4, -0.2) is 72.6 Å². The molecule has 0 aromatic heterocycles. The van der Waals surface area contributed by atoms with Crippen molar-refractivity contribution in [2.75, 3.05) is 38.1 Å². The number of hydrogen-bond acceptors (Lipinski definition) is 8. The Kier molecular flexibility index (Phi) is 12.1. The molecular formula is C26H37FN6O5. The Morgan fingerprint density at radius 2 is 1.68 bits per heavy atom. The normalized spacial score (nSPS) is 13.2. The molecule has 3 amide bonds. The van der Waals surface area contributed by atoms with E-state index in [-0.39, 0.29) is 50.6 Å². The number of aliphatic hydroxyl groups is 1. The summed E-state index contributed by atoms with van der Waals surface area (Å²) >= 11 is 0. The van der Waals surface area contributed by atoms with E-state index in [1.54, 1.807) is 31.2 Å². The van der Waals surface area contributed by atoms with E-state index in [9.17, 15) is 23.9 Å². The average Bonchev–Trinajstić information content (AvgIpc) is 2.88. The van der Waals surface area contributed by atoms with Crippen LogP contribution in [0.4, 0.5) is 10.1 Å². The van der Waals surface area contributed by atoms with Gasteiger partial charge < -0.3 is 42.6 Å². The van der Waals surface area contributed by atoms with Crippen molar-refractivity contribution in [1.29, 1.82) is 0 Å². The lowest BCUT2D eigenvalue weighted by molar-refractivity contribution is -0.135. The molecule has 0 aliphatic rings. The number of anilines is 1. The van der Waals surface area contributed by atoms with Gasteiger partial charge in [0.25, 0.3) is 0 Å². The fraction of sp³-hybridized carbons (Fsp3) is 0.423. The standard InChI is InChI=1S/C26H37FN6O5/c1-3-38-21-9-8-18(14-19(21)27)31-26(37)23(24(35)17-6-4-16(2)5-7-17)32-25(36)20(30)15-22(34)33(12-10-28)13-11-29/h4-9,14,20,23-24,35H,3,10-13,15,28-30H2,1-2H3,(H,31,37)(H,32,36)/t20-,23-,24+/m0/s1. The maximum atomic E-state index is 14.3. The number of carbonyl (C=O) groups excluding carboxylic acids is 3. The quantitative estimate of drug-likeness (QED) is 0.198. The summed E-state index contributed by atoms with van der Waals surface area (Å²) in [4.78, 5) is 40.1. The minimum absolute atomic E-state index is 0.0176. The number of rotatable bonds is 14. The van der Waals surface area contributed by atoms with Crippen LogP contribution in [0.5, 0.6) is 5.75 Å². The molecule has 0 saturated heterocycles. The van der Waals surface area contributed by atoms with Crippen molar-refractivity contribution >= 4 is 23.4 Å². The highest BCUT2D eigenvalue weighted by atomic mass is 19.1. The molecule has 11 nitrogen and oxygen atoms in total. The summed E-state index contributed by atoms with van der Waals surface area (Å²) < 4.78 is 19.5. The second kappa shape index (κ2) is 15.0. The van der Waals surface area contributed by atoms with Crippen molar-refractivity contribution in [3.8, 4) is 5.75 Å². The molecule has 2 aromatic rings. The molecule has 12 heteroatoms. The summed E-state index contributed by atoms with van der Waals surface area (Å²) in [5.74, 6) is -2.74. The van der Waals surface area contributed by atoms with Gasteiger partial charge in [0.05, 0.1) is 19.1 Å². The molecule has 0 radical (unpaired) electrons. The van der Waals surface area contributed by atoms with Crippen molar-refractivity contribution in [2.24, 2.45) is 17.2 Å². The first kappa shape index (κ1) is 30.6. The van der Waals surface area contributed by atoms with Crippen molar-refractivity contribution < 1.29 is 28.6 Å². The molecule has 9 N–H and O–H groups in total. The molecular weight excluding hydrogens is 495 g/mol. The molecule has 0 bridgehead atoms. The first-order valence-electron chi connectivity index (χ1n) is 12.3. The Morgan fingerprint density at radius 1 is 1.05 bits per heavy atom. The number of ether oxygens (including phenoxy) is 1. The van der Waals surface area contributed by atoms with Crippen LogP contribution in [0.25, 0.3) is 0 Å². The number of nitrogens with two attached hydrogens (primary N) is 3. The van der Waals surface area contributed by atoms with Gasteiger partial charge in [0.2, 0.25) is 17.7 Å².